The van der Waals surface area contributed by atoms with Crippen LogP contribution in [-0.4, -0.2) is 23.4 Å². The lowest BCUT2D eigenvalue weighted by Gasteiger charge is -2.30. The molecule has 0 radical (unpaired) electrons. The average Bonchev–Trinajstić information content (AvgIpc) is 0.937. The van der Waals surface area contributed by atoms with Crippen LogP contribution in [0.1, 0.15) is 159 Å². The smallest absolute Gasteiger partial charge is 0.207 e. The Hall–Kier alpha value is -9.08. The minimum atomic E-state index is -3.46. The van der Waals surface area contributed by atoms with Crippen LogP contribution in [0.2, 0.25) is 0 Å². The van der Waals surface area contributed by atoms with Crippen molar-refractivity contribution in [3.05, 3.63) is 329 Å². The fourth-order valence-electron chi connectivity index (χ4n) is 10.6. The van der Waals surface area contributed by atoms with E-state index in [0.29, 0.717) is 15.7 Å². The van der Waals surface area contributed by atoms with E-state index >= 15 is 0 Å². The van der Waals surface area contributed by atoms with Crippen LogP contribution in [0.5, 0.6) is 0 Å². The number of rotatable bonds is 0. The molecule has 0 amide bonds. The van der Waals surface area contributed by atoms with Crippen LogP contribution < -0.4 is 0 Å². The molecular weight excluding hydrogens is 1190 g/mol. The monoisotopic (exact) mass is 1290 g/mol. The predicted octanol–water partition coefficient (Wildman–Crippen LogP) is 24.8. The number of aromatic nitrogens is 3. The zero-order valence-corrected chi connectivity index (χ0v) is 60.2. The summed E-state index contributed by atoms with van der Waals surface area (Å²) in [5.41, 5.74) is 13.6. The summed E-state index contributed by atoms with van der Waals surface area (Å²) in [5, 5.41) is 12.2. The van der Waals surface area contributed by atoms with Crippen molar-refractivity contribution < 1.29 is 12.8 Å². The zero-order valence-electron chi connectivity index (χ0n) is 58.6. The van der Waals surface area contributed by atoms with E-state index in [1.54, 1.807) is 54.6 Å². The van der Waals surface area contributed by atoms with Gasteiger partial charge in [-0.2, -0.15) is 11.3 Å². The number of hydrogen-bond donors (Lipinski definition) is 0. The maximum absolute atomic E-state index is 13.2. The van der Waals surface area contributed by atoms with E-state index in [1.807, 2.05) is 120 Å². The molecule has 0 saturated carbocycles. The molecule has 4 aromatic heterocycles. The molecule has 0 saturated heterocycles. The van der Waals surface area contributed by atoms with E-state index < -0.39 is 9.84 Å². The Morgan fingerprint density at radius 3 is 1.27 bits per heavy atom. The van der Waals surface area contributed by atoms with Gasteiger partial charge in [-0.25, -0.2) is 18.4 Å². The van der Waals surface area contributed by atoms with E-state index in [-0.39, 0.29) is 16.7 Å². The summed E-state index contributed by atoms with van der Waals surface area (Å²) in [6, 6.07) is 78.6. The number of fused-ring (bicyclic) bond motifs is 9. The first-order valence-corrected chi connectivity index (χ1v) is 35.3. The summed E-state index contributed by atoms with van der Waals surface area (Å²) in [6.07, 6.45) is 10.0. The Balaban J connectivity index is 0.000000203. The molecule has 94 heavy (non-hydrogen) atoms. The van der Waals surface area contributed by atoms with Gasteiger partial charge in [-0.15, -0.1) is 0 Å². The number of hydrogen-bond acceptors (Lipinski definition) is 7. The van der Waals surface area contributed by atoms with Crippen LogP contribution in [-0.2, 0) is 20.7 Å². The lowest BCUT2D eigenvalue weighted by atomic mass is 9.81. The predicted molar refractivity (Wildman–Crippen MR) is 406 cm³/mol. The topological polar surface area (TPSA) is 86.0 Å². The molecule has 5 heterocycles. The third-order valence-corrected chi connectivity index (χ3v) is 18.1. The van der Waals surface area contributed by atoms with Crippen LogP contribution in [0.15, 0.2) is 293 Å². The van der Waals surface area contributed by atoms with Crippen molar-refractivity contribution in [3.63, 3.8) is 0 Å². The zero-order chi connectivity index (χ0) is 68.7. The van der Waals surface area contributed by atoms with Crippen molar-refractivity contribution in [3.8, 4) is 11.1 Å². The molecule has 13 aromatic rings. The van der Waals surface area contributed by atoms with Gasteiger partial charge < -0.3 is 4.42 Å². The minimum Gasteiger partial charge on any atom is -0.473 e. The van der Waals surface area contributed by atoms with Crippen LogP contribution in [0.25, 0.3) is 43.4 Å². The number of nitrogens with zero attached hydrogens (tertiary/aromatic N) is 3. The first-order valence-electron chi connectivity index (χ1n) is 32.9. The number of sulfone groups is 1. The Bertz CT molecular complexity index is 4170. The molecule has 0 spiro atoms. The molecule has 1 aliphatic carbocycles. The fraction of sp³-hybridized carbons (Fsp3) is 0.244. The molecule has 0 N–H and O–H groups in total. The highest BCUT2D eigenvalue weighted by atomic mass is 32.2. The Morgan fingerprint density at radius 1 is 0.394 bits per heavy atom. The van der Waals surface area contributed by atoms with Gasteiger partial charge in [-0.05, 0) is 173 Å². The summed E-state index contributed by atoms with van der Waals surface area (Å²) in [5.74, 6) is 0.625. The molecule has 0 fully saturated rings. The number of thiophene rings is 1. The van der Waals surface area contributed by atoms with E-state index in [9.17, 15) is 8.42 Å². The second-order valence-corrected chi connectivity index (χ2v) is 26.5. The molecule has 0 bridgehead atoms. The highest BCUT2D eigenvalue weighted by molar-refractivity contribution is 7.91. The maximum Gasteiger partial charge on any atom is 0.207 e. The summed E-state index contributed by atoms with van der Waals surface area (Å²) in [4.78, 5) is 12.3. The van der Waals surface area contributed by atoms with Crippen LogP contribution in [0.4, 0.5) is 0 Å². The minimum absolute atomic E-state index is 0.00789. The normalized spacial score (nSPS) is 11.8. The first-order chi connectivity index (χ1) is 45.3. The highest BCUT2D eigenvalue weighted by Crippen LogP contribution is 2.45. The van der Waals surface area contributed by atoms with Crippen molar-refractivity contribution in [1.82, 2.24) is 15.0 Å². The summed E-state index contributed by atoms with van der Waals surface area (Å²) in [7, 11) is -3.46. The molecule has 2 aliphatic rings. The molecule has 0 unspecified atom stereocenters. The molecule has 0 atom stereocenters. The standard InChI is InChI=1S/C22H28O2S.C15H12.C14H12.C11H10.C5H6N2.C5H5N.C4H4O.C4H4S.3C2H6/c1-14-17-12-15(21(2,3)4)8-10-19(17)25(23,24)20-11-9-16(13-18(14)20)22(5,6)7;1-11-10-12-6-2-3-8-14(12)15-9-5-4-7-13(11)15;1-10-11-6-2-4-8-13(11)14-9-5-3-7-12(10)14;1-9-5-4-7-10-6-2-3-8-11(9)10;1-5-2-3-6-4-7-5;1-2-4-6-5-3-1;2*1-2-4-5-3-1;3*1-2/h8-14H,1-7H3;2-10H,1H3;2-10H,1H3;2-8H,1H3;2-4H,1H3;1-5H;2*1-4H;3*1-2H3. The van der Waals surface area contributed by atoms with Crippen LogP contribution >= 0.6 is 11.3 Å². The van der Waals surface area contributed by atoms with E-state index in [4.69, 9.17) is 0 Å². The molecule has 9 aromatic carbocycles. The largest absolute Gasteiger partial charge is 0.473 e. The van der Waals surface area contributed by atoms with Crippen molar-refractivity contribution in [1.29, 1.82) is 0 Å². The van der Waals surface area contributed by atoms with Gasteiger partial charge in [0, 0.05) is 36.1 Å². The van der Waals surface area contributed by atoms with Gasteiger partial charge in [0.05, 0.1) is 22.3 Å². The second-order valence-electron chi connectivity index (χ2n) is 23.8. The van der Waals surface area contributed by atoms with Crippen molar-refractivity contribution in [2.24, 2.45) is 0 Å². The number of benzene rings is 9. The molecule has 8 heteroatoms. The third kappa shape index (κ3) is 21.2. The average molecular weight is 1290 g/mol. The lowest BCUT2D eigenvalue weighted by Crippen LogP contribution is -2.21. The van der Waals surface area contributed by atoms with E-state index in [2.05, 4.69) is 246 Å². The molecule has 6 nitrogen and oxygen atoms in total. The van der Waals surface area contributed by atoms with E-state index in [0.717, 1.165) is 16.8 Å². The van der Waals surface area contributed by atoms with Gasteiger partial charge >= 0.3 is 0 Å². The number of aryl methyl sites for hydroxylation is 3. The Morgan fingerprint density at radius 2 is 0.851 bits per heavy atom. The summed E-state index contributed by atoms with van der Waals surface area (Å²) < 4.78 is 30.9. The van der Waals surface area contributed by atoms with Gasteiger partial charge in [0.1, 0.15) is 6.33 Å². The van der Waals surface area contributed by atoms with Gasteiger partial charge in [0.25, 0.3) is 0 Å². The van der Waals surface area contributed by atoms with Crippen molar-refractivity contribution in [2.45, 2.75) is 150 Å². The Labute approximate surface area is 567 Å². The maximum atomic E-state index is 13.2. The first kappa shape index (κ1) is 75.6. The summed E-state index contributed by atoms with van der Waals surface area (Å²) >= 11 is 1.71. The SMILES string of the molecule is CC.CC.CC.CC1c2cc(C(C)(C)C)ccc2S(=O)(=O)c2ccc(C(C)(C)C)cc21.CC1c2ccccc2-c2ccccc21.Cc1cc2ccccc2c2ccccc12.Cc1cccc2ccccc12.Cc1ccncn1.c1ccncc1.c1ccoc1.c1ccsc1. The van der Waals surface area contributed by atoms with Gasteiger partial charge in [-0.3, -0.25) is 4.98 Å². The molecule has 15 rings (SSSR count). The fourth-order valence-corrected chi connectivity index (χ4v) is 12.9. The molecule has 1 aliphatic heterocycles. The van der Waals surface area contributed by atoms with Gasteiger partial charge in [0.2, 0.25) is 9.84 Å². The van der Waals surface area contributed by atoms with Crippen LogP contribution in [0, 0.1) is 20.8 Å². The molecular formula is C86H99N3O3S2. The van der Waals surface area contributed by atoms with Gasteiger partial charge in [0.15, 0.2) is 0 Å². The molecule has 488 valence electrons. The van der Waals surface area contributed by atoms with Crippen molar-refractivity contribution >= 4 is 53.5 Å². The number of pyridine rings is 1. The Kier molecular flexibility index (Phi) is 30.7. The quantitative estimate of drug-likeness (QED) is 0.141. The van der Waals surface area contributed by atoms with Gasteiger partial charge in [-0.1, -0.05) is 285 Å². The highest BCUT2D eigenvalue weighted by Gasteiger charge is 2.35. The van der Waals surface area contributed by atoms with E-state index in [1.165, 1.54) is 83.2 Å². The second kappa shape index (κ2) is 38.2. The lowest BCUT2D eigenvalue weighted by molar-refractivity contribution is 0.567. The van der Waals surface area contributed by atoms with Crippen LogP contribution in [0.3, 0.4) is 0 Å². The third-order valence-electron chi connectivity index (χ3n) is 15.5. The van der Waals surface area contributed by atoms with Crippen molar-refractivity contribution in [2.75, 3.05) is 0 Å². The number of furan rings is 1. The summed E-state index contributed by atoms with van der Waals surface area (Å²) in [6.45, 7) is 35.6.